The molecule has 0 spiro atoms. The maximum Gasteiger partial charge on any atom is 0.377 e. The smallest absolute Gasteiger partial charge is 0.377 e. The highest BCUT2D eigenvalue weighted by molar-refractivity contribution is 6.42. The summed E-state index contributed by atoms with van der Waals surface area (Å²) in [7, 11) is 0. The van der Waals surface area contributed by atoms with Gasteiger partial charge in [-0.3, -0.25) is 4.79 Å². The van der Waals surface area contributed by atoms with Crippen molar-refractivity contribution in [3.05, 3.63) is 36.4 Å². The Hall–Kier alpha value is -3.03. The van der Waals surface area contributed by atoms with Crippen LogP contribution in [0.2, 0.25) is 0 Å². The number of ketones is 1. The molecule has 3 aromatic heterocycles. The zero-order chi connectivity index (χ0) is 14.3. The molecule has 7 nitrogen and oxygen atoms in total. The summed E-state index contributed by atoms with van der Waals surface area (Å²) in [4.78, 5) is 32.5. The quantitative estimate of drug-likeness (QED) is 0.555. The maximum atomic E-state index is 13.9. The molecule has 0 amide bonds. The average Bonchev–Trinajstić information content (AvgIpc) is 3.07. The van der Waals surface area contributed by atoms with E-state index >= 15 is 0 Å². The number of hydrogen-bond acceptors (Lipinski definition) is 5. The summed E-state index contributed by atoms with van der Waals surface area (Å²) >= 11 is 0. The fourth-order valence-corrected chi connectivity index (χ4v) is 1.92. The van der Waals surface area contributed by atoms with Crippen LogP contribution in [0.25, 0.3) is 22.4 Å². The minimum atomic E-state index is -1.66. The second-order valence-electron chi connectivity index (χ2n) is 3.91. The summed E-state index contributed by atoms with van der Waals surface area (Å²) in [5.41, 5.74) is 0.142. The fourth-order valence-electron chi connectivity index (χ4n) is 1.92. The lowest BCUT2D eigenvalue weighted by Crippen LogP contribution is -2.12. The Kier molecular flexibility index (Phi) is 2.56. The van der Waals surface area contributed by atoms with E-state index in [0.717, 1.165) is 12.4 Å². The highest BCUT2D eigenvalue weighted by Gasteiger charge is 2.24. The normalized spacial score (nSPS) is 10.8. The summed E-state index contributed by atoms with van der Waals surface area (Å²) in [5.74, 6) is -3.39. The lowest BCUT2D eigenvalue weighted by atomic mass is 10.1. The van der Waals surface area contributed by atoms with Crippen molar-refractivity contribution >= 4 is 22.7 Å². The number of hydrogen-bond donors (Lipinski definition) is 2. The van der Waals surface area contributed by atoms with Gasteiger partial charge in [0.1, 0.15) is 5.69 Å². The highest BCUT2D eigenvalue weighted by Crippen LogP contribution is 2.29. The topological polar surface area (TPSA) is 109 Å². The lowest BCUT2D eigenvalue weighted by molar-refractivity contribution is -0.131. The third-order valence-electron chi connectivity index (χ3n) is 2.77. The van der Waals surface area contributed by atoms with E-state index in [1.165, 1.54) is 12.6 Å². The molecule has 0 bridgehead atoms. The van der Waals surface area contributed by atoms with Crippen molar-refractivity contribution in [3.63, 3.8) is 0 Å². The Morgan fingerprint density at radius 1 is 1.35 bits per heavy atom. The van der Waals surface area contributed by atoms with Crippen molar-refractivity contribution in [3.8, 4) is 11.5 Å². The van der Waals surface area contributed by atoms with E-state index in [0.29, 0.717) is 0 Å². The molecule has 8 heteroatoms. The second kappa shape index (κ2) is 4.26. The van der Waals surface area contributed by atoms with Gasteiger partial charge < -0.3 is 14.5 Å². The summed E-state index contributed by atoms with van der Waals surface area (Å²) in [6, 6.07) is 0. The number of H-pyrrole nitrogens is 1. The third kappa shape index (κ3) is 1.66. The standard InChI is InChI=1S/C12H6FN3O4/c13-6-2-16-9(7-3-14-4-20-7)10-8(6)5(1-15-10)11(17)12(18)19/h1-4,15H,(H,18,19). The molecule has 0 saturated heterocycles. The van der Waals surface area contributed by atoms with Crippen LogP contribution in [0.15, 0.2) is 29.4 Å². The number of oxazole rings is 1. The Morgan fingerprint density at radius 3 is 2.80 bits per heavy atom. The molecule has 100 valence electrons. The van der Waals surface area contributed by atoms with Crippen LogP contribution in [0.4, 0.5) is 4.39 Å². The predicted octanol–water partition coefficient (Wildman–Crippen LogP) is 1.62. The van der Waals surface area contributed by atoms with Crippen LogP contribution in [0.3, 0.4) is 0 Å². The van der Waals surface area contributed by atoms with Gasteiger partial charge in [-0.1, -0.05) is 0 Å². The van der Waals surface area contributed by atoms with Crippen molar-refractivity contribution in [1.82, 2.24) is 15.0 Å². The zero-order valence-electron chi connectivity index (χ0n) is 9.75. The van der Waals surface area contributed by atoms with Gasteiger partial charge in [-0.05, 0) is 0 Å². The maximum absolute atomic E-state index is 13.9. The van der Waals surface area contributed by atoms with Gasteiger partial charge in [0.2, 0.25) is 0 Å². The largest absolute Gasteiger partial charge is 0.475 e. The third-order valence-corrected chi connectivity index (χ3v) is 2.77. The van der Waals surface area contributed by atoms with E-state index in [4.69, 9.17) is 9.52 Å². The molecule has 0 aromatic carbocycles. The number of pyridine rings is 1. The summed E-state index contributed by atoms with van der Waals surface area (Å²) in [6.07, 6.45) is 4.58. The molecular weight excluding hydrogens is 269 g/mol. The van der Waals surface area contributed by atoms with Crippen molar-refractivity contribution < 1.29 is 23.5 Å². The van der Waals surface area contributed by atoms with E-state index in [1.54, 1.807) is 0 Å². The Morgan fingerprint density at radius 2 is 2.15 bits per heavy atom. The van der Waals surface area contributed by atoms with Gasteiger partial charge in [0.15, 0.2) is 18.0 Å². The lowest BCUT2D eigenvalue weighted by Gasteiger charge is -2.00. The molecule has 0 aliphatic carbocycles. The number of carboxylic acids is 1. The zero-order valence-corrected chi connectivity index (χ0v) is 9.75. The second-order valence-corrected chi connectivity index (χ2v) is 3.91. The Balaban J connectivity index is 2.31. The van der Waals surface area contributed by atoms with Gasteiger partial charge >= 0.3 is 5.97 Å². The number of carboxylic acid groups (broad SMARTS) is 1. The van der Waals surface area contributed by atoms with Gasteiger partial charge in [-0.2, -0.15) is 0 Å². The van der Waals surface area contributed by atoms with E-state index in [9.17, 15) is 14.0 Å². The van der Waals surface area contributed by atoms with Gasteiger partial charge in [0, 0.05) is 6.20 Å². The van der Waals surface area contributed by atoms with Gasteiger partial charge in [0.05, 0.1) is 28.9 Å². The average molecular weight is 275 g/mol. The van der Waals surface area contributed by atoms with Gasteiger partial charge in [0.25, 0.3) is 5.78 Å². The molecule has 0 radical (unpaired) electrons. The van der Waals surface area contributed by atoms with Crippen LogP contribution in [0, 0.1) is 5.82 Å². The van der Waals surface area contributed by atoms with Gasteiger partial charge in [-0.25, -0.2) is 19.2 Å². The first-order valence-corrected chi connectivity index (χ1v) is 5.41. The van der Waals surface area contributed by atoms with Crippen LogP contribution in [0.5, 0.6) is 0 Å². The van der Waals surface area contributed by atoms with Crippen molar-refractivity contribution in [2.24, 2.45) is 0 Å². The number of nitrogens with one attached hydrogen (secondary N) is 1. The minimum Gasteiger partial charge on any atom is -0.475 e. The molecule has 0 aliphatic rings. The van der Waals surface area contributed by atoms with E-state index in [1.807, 2.05) is 0 Å². The summed E-state index contributed by atoms with van der Waals surface area (Å²) in [6.45, 7) is 0. The number of fused-ring (bicyclic) bond motifs is 1. The molecule has 2 N–H and O–H groups in total. The molecular formula is C12H6FN3O4. The fraction of sp³-hybridized carbons (Fsp3) is 0. The van der Waals surface area contributed by atoms with Gasteiger partial charge in [-0.15, -0.1) is 0 Å². The van der Waals surface area contributed by atoms with Crippen molar-refractivity contribution in [1.29, 1.82) is 0 Å². The van der Waals surface area contributed by atoms with E-state index in [2.05, 4.69) is 15.0 Å². The van der Waals surface area contributed by atoms with Crippen LogP contribution in [0.1, 0.15) is 10.4 Å². The van der Waals surface area contributed by atoms with Crippen LogP contribution in [-0.2, 0) is 4.79 Å². The number of Topliss-reactive ketones (excluding diaryl/α,β-unsaturated/α-hetero) is 1. The number of carbonyl (C=O) groups is 2. The first-order chi connectivity index (χ1) is 9.59. The van der Waals surface area contributed by atoms with E-state index < -0.39 is 17.6 Å². The van der Waals surface area contributed by atoms with Crippen LogP contribution < -0.4 is 0 Å². The van der Waals surface area contributed by atoms with Crippen molar-refractivity contribution in [2.75, 3.05) is 0 Å². The number of aliphatic carboxylic acids is 1. The molecule has 20 heavy (non-hydrogen) atoms. The molecule has 0 aliphatic heterocycles. The number of aromatic amines is 1. The van der Waals surface area contributed by atoms with Crippen LogP contribution in [-0.4, -0.2) is 31.8 Å². The molecule has 3 heterocycles. The monoisotopic (exact) mass is 275 g/mol. The number of carbonyl (C=O) groups excluding carboxylic acids is 1. The molecule has 0 fully saturated rings. The Bertz CT molecular complexity index is 823. The molecule has 3 rings (SSSR count). The number of rotatable bonds is 3. The molecule has 0 unspecified atom stereocenters. The highest BCUT2D eigenvalue weighted by atomic mass is 19.1. The van der Waals surface area contributed by atoms with E-state index in [-0.39, 0.29) is 27.9 Å². The summed E-state index contributed by atoms with van der Waals surface area (Å²) < 4.78 is 18.9. The number of nitrogens with zero attached hydrogens (tertiary/aromatic N) is 2. The van der Waals surface area contributed by atoms with Crippen molar-refractivity contribution in [2.45, 2.75) is 0 Å². The first-order valence-electron chi connectivity index (χ1n) is 5.41. The minimum absolute atomic E-state index is 0.140. The predicted molar refractivity (Wildman–Crippen MR) is 63.5 cm³/mol. The Labute approximate surface area is 110 Å². The van der Waals surface area contributed by atoms with Crippen LogP contribution >= 0.6 is 0 Å². The number of aromatic nitrogens is 3. The molecule has 0 saturated carbocycles. The SMILES string of the molecule is O=C(O)C(=O)c1c[nH]c2c(-c3cnco3)ncc(F)c12. The first kappa shape index (κ1) is 12.0. The molecule has 3 aromatic rings. The molecule has 0 atom stereocenters. The number of halogens is 1. The summed E-state index contributed by atoms with van der Waals surface area (Å²) in [5, 5.41) is 8.59.